The molecule has 1 fully saturated rings. The molecule has 3 aromatic rings. The lowest BCUT2D eigenvalue weighted by molar-refractivity contribution is -0.142. The van der Waals surface area contributed by atoms with Gasteiger partial charge in [-0.15, -0.1) is 22.7 Å². The number of carbonyl (C=O) groups excluding carboxylic acids is 3. The molecule has 1 aliphatic heterocycles. The third-order valence-electron chi connectivity index (χ3n) is 5.08. The average molecular weight is 516 g/mol. The maximum Gasteiger partial charge on any atom is 0.323 e. The lowest BCUT2D eigenvalue weighted by Gasteiger charge is -2.35. The molecule has 3 aromatic heterocycles. The summed E-state index contributed by atoms with van der Waals surface area (Å²) in [5.41, 5.74) is 1.09. The van der Waals surface area contributed by atoms with Crippen molar-refractivity contribution in [2.45, 2.75) is 19.8 Å². The zero-order chi connectivity index (χ0) is 24.6. The van der Waals surface area contributed by atoms with Gasteiger partial charge in [-0.2, -0.15) is 0 Å². The van der Waals surface area contributed by atoms with Gasteiger partial charge in [-0.1, -0.05) is 6.07 Å². The van der Waals surface area contributed by atoms with Gasteiger partial charge < -0.3 is 19.9 Å². The van der Waals surface area contributed by atoms with E-state index >= 15 is 0 Å². The number of hydrogen-bond donors (Lipinski definition) is 2. The van der Waals surface area contributed by atoms with Crippen LogP contribution in [0.15, 0.2) is 35.2 Å². The first-order valence-corrected chi connectivity index (χ1v) is 12.8. The number of esters is 1. The summed E-state index contributed by atoms with van der Waals surface area (Å²) in [6, 6.07) is 5.57. The van der Waals surface area contributed by atoms with Crippen LogP contribution in [0.3, 0.4) is 0 Å². The Hall–Kier alpha value is -3.58. The standard InChI is InChI=1S/C22H25N7O4S2/c1-2-33-19(31)12-16-14-34-20(25-16)26-18(30)11-15-13-35-21(24-15)27-22(32)29-9-7-28(8-10-29)17-5-3-4-6-23-17/h3-6,13-14H,2,7-12H2,1H3,(H,24,27,32)(H,25,26,30). The third-order valence-corrected chi connectivity index (χ3v) is 6.69. The number of anilines is 3. The van der Waals surface area contributed by atoms with Crippen molar-refractivity contribution in [3.63, 3.8) is 0 Å². The fourth-order valence-electron chi connectivity index (χ4n) is 3.43. The van der Waals surface area contributed by atoms with Crippen molar-refractivity contribution in [3.05, 3.63) is 46.5 Å². The molecule has 0 unspecified atom stereocenters. The highest BCUT2D eigenvalue weighted by Crippen LogP contribution is 2.20. The van der Waals surface area contributed by atoms with Crippen molar-refractivity contribution in [1.29, 1.82) is 0 Å². The molecule has 11 nitrogen and oxygen atoms in total. The van der Waals surface area contributed by atoms with Crippen LogP contribution in [0.4, 0.5) is 20.9 Å². The molecule has 4 rings (SSSR count). The number of urea groups is 1. The van der Waals surface area contributed by atoms with E-state index in [4.69, 9.17) is 4.74 Å². The van der Waals surface area contributed by atoms with Gasteiger partial charge in [-0.3, -0.25) is 14.9 Å². The van der Waals surface area contributed by atoms with E-state index in [9.17, 15) is 14.4 Å². The van der Waals surface area contributed by atoms with Gasteiger partial charge in [0.1, 0.15) is 5.82 Å². The number of piperazine rings is 1. The van der Waals surface area contributed by atoms with E-state index in [1.165, 1.54) is 22.7 Å². The van der Waals surface area contributed by atoms with Gasteiger partial charge >= 0.3 is 12.0 Å². The van der Waals surface area contributed by atoms with Crippen molar-refractivity contribution in [2.75, 3.05) is 48.3 Å². The van der Waals surface area contributed by atoms with Crippen LogP contribution in [-0.2, 0) is 27.2 Å². The summed E-state index contributed by atoms with van der Waals surface area (Å²) in [5, 5.41) is 9.82. The number of nitrogens with zero attached hydrogens (tertiary/aromatic N) is 5. The maximum atomic E-state index is 12.6. The summed E-state index contributed by atoms with van der Waals surface area (Å²) in [5.74, 6) is 0.266. The molecule has 2 N–H and O–H groups in total. The number of nitrogens with one attached hydrogen (secondary N) is 2. The summed E-state index contributed by atoms with van der Waals surface area (Å²) in [6.45, 7) is 4.61. The summed E-state index contributed by atoms with van der Waals surface area (Å²) >= 11 is 2.51. The molecular weight excluding hydrogens is 490 g/mol. The van der Waals surface area contributed by atoms with E-state index in [-0.39, 0.29) is 30.7 Å². The van der Waals surface area contributed by atoms with Crippen LogP contribution >= 0.6 is 22.7 Å². The fraction of sp³-hybridized carbons (Fsp3) is 0.364. The minimum absolute atomic E-state index is 0.0436. The summed E-state index contributed by atoms with van der Waals surface area (Å²) in [7, 11) is 0. The van der Waals surface area contributed by atoms with Crippen LogP contribution in [0.1, 0.15) is 18.3 Å². The molecule has 13 heteroatoms. The Morgan fingerprint density at radius 2 is 1.66 bits per heavy atom. The van der Waals surface area contributed by atoms with Gasteiger partial charge in [0.2, 0.25) is 5.91 Å². The Morgan fingerprint density at radius 3 is 2.31 bits per heavy atom. The highest BCUT2D eigenvalue weighted by Gasteiger charge is 2.22. The first kappa shape index (κ1) is 24.5. The Labute approximate surface area is 210 Å². The number of pyridine rings is 1. The minimum Gasteiger partial charge on any atom is -0.466 e. The van der Waals surface area contributed by atoms with E-state index in [0.717, 1.165) is 5.82 Å². The number of ether oxygens (including phenoxy) is 1. The minimum atomic E-state index is -0.359. The highest BCUT2D eigenvalue weighted by molar-refractivity contribution is 7.14. The normalized spacial score (nSPS) is 13.4. The molecule has 0 spiro atoms. The molecule has 0 aliphatic carbocycles. The second kappa shape index (κ2) is 11.7. The molecule has 0 aromatic carbocycles. The zero-order valence-corrected chi connectivity index (χ0v) is 20.7. The quantitative estimate of drug-likeness (QED) is 0.438. The van der Waals surface area contributed by atoms with E-state index in [1.807, 2.05) is 18.2 Å². The zero-order valence-electron chi connectivity index (χ0n) is 19.1. The van der Waals surface area contributed by atoms with Crippen LogP contribution in [0.5, 0.6) is 0 Å². The lowest BCUT2D eigenvalue weighted by atomic mass is 10.3. The first-order chi connectivity index (χ1) is 17.0. The smallest absolute Gasteiger partial charge is 0.323 e. The largest absolute Gasteiger partial charge is 0.466 e. The topological polar surface area (TPSA) is 130 Å². The fourth-order valence-corrected chi connectivity index (χ4v) is 4.86. The van der Waals surface area contributed by atoms with E-state index < -0.39 is 0 Å². The van der Waals surface area contributed by atoms with Gasteiger partial charge in [0.25, 0.3) is 0 Å². The number of rotatable bonds is 8. The number of aromatic nitrogens is 3. The Bertz CT molecular complexity index is 1160. The Kier molecular flexibility index (Phi) is 8.21. The predicted octanol–water partition coefficient (Wildman–Crippen LogP) is 2.64. The Morgan fingerprint density at radius 1 is 0.971 bits per heavy atom. The monoisotopic (exact) mass is 515 g/mol. The van der Waals surface area contributed by atoms with Crippen LogP contribution in [0.2, 0.25) is 0 Å². The van der Waals surface area contributed by atoms with Crippen molar-refractivity contribution in [3.8, 4) is 0 Å². The number of carbonyl (C=O) groups is 3. The number of amides is 3. The van der Waals surface area contributed by atoms with Gasteiger partial charge in [-0.05, 0) is 19.1 Å². The van der Waals surface area contributed by atoms with Crippen LogP contribution in [-0.4, -0.2) is 70.5 Å². The van der Waals surface area contributed by atoms with Gasteiger partial charge in [-0.25, -0.2) is 19.7 Å². The summed E-state index contributed by atoms with van der Waals surface area (Å²) < 4.78 is 4.90. The molecule has 0 saturated carbocycles. The number of hydrogen-bond acceptors (Lipinski definition) is 10. The molecule has 0 bridgehead atoms. The molecule has 35 heavy (non-hydrogen) atoms. The van der Waals surface area contributed by atoms with Crippen molar-refractivity contribution >= 4 is 56.7 Å². The maximum absolute atomic E-state index is 12.6. The average Bonchev–Trinajstić information content (AvgIpc) is 3.48. The van der Waals surface area contributed by atoms with E-state index in [2.05, 4.69) is 30.5 Å². The SMILES string of the molecule is CCOC(=O)Cc1csc(NC(=O)Cc2csc(NC(=O)N3CCN(c4ccccn4)CC3)n2)n1. The molecule has 0 radical (unpaired) electrons. The Balaban J connectivity index is 1.22. The molecule has 4 heterocycles. The van der Waals surface area contributed by atoms with Gasteiger partial charge in [0.05, 0.1) is 30.8 Å². The van der Waals surface area contributed by atoms with Crippen molar-refractivity contribution < 1.29 is 19.1 Å². The first-order valence-electron chi connectivity index (χ1n) is 11.1. The lowest BCUT2D eigenvalue weighted by Crippen LogP contribution is -2.50. The predicted molar refractivity (Wildman–Crippen MR) is 134 cm³/mol. The van der Waals surface area contributed by atoms with Crippen molar-refractivity contribution in [1.82, 2.24) is 19.9 Å². The van der Waals surface area contributed by atoms with Crippen molar-refractivity contribution in [2.24, 2.45) is 0 Å². The second-order valence-electron chi connectivity index (χ2n) is 7.59. The summed E-state index contributed by atoms with van der Waals surface area (Å²) in [6.07, 6.45) is 1.87. The highest BCUT2D eigenvalue weighted by atomic mass is 32.1. The second-order valence-corrected chi connectivity index (χ2v) is 9.30. The molecule has 3 amide bonds. The molecule has 1 aliphatic rings. The molecule has 0 atom stereocenters. The van der Waals surface area contributed by atoms with Gasteiger partial charge in [0.15, 0.2) is 10.3 Å². The molecule has 184 valence electrons. The van der Waals surface area contributed by atoms with E-state index in [0.29, 0.717) is 54.4 Å². The van der Waals surface area contributed by atoms with Crippen LogP contribution < -0.4 is 15.5 Å². The van der Waals surface area contributed by atoms with Crippen LogP contribution in [0, 0.1) is 0 Å². The van der Waals surface area contributed by atoms with Crippen LogP contribution in [0.25, 0.3) is 0 Å². The number of thiazole rings is 2. The summed E-state index contributed by atoms with van der Waals surface area (Å²) in [4.78, 5) is 53.4. The molecular formula is C22H25N7O4S2. The third kappa shape index (κ3) is 6.96. The van der Waals surface area contributed by atoms with Gasteiger partial charge in [0, 0.05) is 43.1 Å². The van der Waals surface area contributed by atoms with E-state index in [1.54, 1.807) is 28.8 Å². The molecule has 1 saturated heterocycles.